The zero-order valence-electron chi connectivity index (χ0n) is 16.6. The van der Waals surface area contributed by atoms with Crippen LogP contribution in [-0.4, -0.2) is 48.4 Å². The van der Waals surface area contributed by atoms with Crippen LogP contribution in [0.5, 0.6) is 0 Å². The molecule has 10 nitrogen and oxygen atoms in total. The van der Waals surface area contributed by atoms with Gasteiger partial charge in [0.2, 0.25) is 5.91 Å². The van der Waals surface area contributed by atoms with E-state index in [9.17, 15) is 19.2 Å². The number of carbonyl (C=O) groups excluding carboxylic acids is 2. The molecule has 0 unspecified atom stereocenters. The first-order valence-electron chi connectivity index (χ1n) is 9.32. The monoisotopic (exact) mass is 390 g/mol. The number of imidazole rings is 1. The minimum Gasteiger partial charge on any atom is -0.369 e. The summed E-state index contributed by atoms with van der Waals surface area (Å²) in [6, 6.07) is -0.589. The Balaban J connectivity index is 2.08. The van der Waals surface area contributed by atoms with Crippen molar-refractivity contribution in [1.82, 2.24) is 23.6 Å². The van der Waals surface area contributed by atoms with Crippen LogP contribution < -0.4 is 17.0 Å². The highest BCUT2D eigenvalue weighted by atomic mass is 16.2. The third-order valence-corrected chi connectivity index (χ3v) is 5.70. The lowest BCUT2D eigenvalue weighted by atomic mass is 9.96. The van der Waals surface area contributed by atoms with Crippen LogP contribution in [0.15, 0.2) is 9.59 Å². The van der Waals surface area contributed by atoms with Crippen molar-refractivity contribution in [3.8, 4) is 0 Å². The molecule has 0 radical (unpaired) electrons. The van der Waals surface area contributed by atoms with Crippen molar-refractivity contribution in [2.75, 3.05) is 13.1 Å². The van der Waals surface area contributed by atoms with Gasteiger partial charge in [0.1, 0.15) is 5.82 Å². The Bertz CT molecular complexity index is 1050. The van der Waals surface area contributed by atoms with Crippen molar-refractivity contribution in [2.45, 2.75) is 39.3 Å². The Labute approximate surface area is 161 Å². The molecule has 1 aliphatic rings. The molecular formula is C18H26N6O4. The van der Waals surface area contributed by atoms with E-state index in [2.05, 4.69) is 9.88 Å². The van der Waals surface area contributed by atoms with Crippen LogP contribution in [-0.2, 0) is 30.2 Å². The zero-order valence-corrected chi connectivity index (χ0v) is 16.6. The molecule has 1 amide bonds. The summed E-state index contributed by atoms with van der Waals surface area (Å²) in [6.07, 6.45) is 1.33. The van der Waals surface area contributed by atoms with Crippen LogP contribution in [0.25, 0.3) is 11.2 Å². The van der Waals surface area contributed by atoms with E-state index in [-0.39, 0.29) is 28.8 Å². The molecule has 3 rings (SSSR count). The van der Waals surface area contributed by atoms with Crippen LogP contribution in [0.4, 0.5) is 0 Å². The van der Waals surface area contributed by atoms with Crippen molar-refractivity contribution >= 4 is 22.9 Å². The maximum Gasteiger partial charge on any atom is 0.332 e. The number of amides is 1. The van der Waals surface area contributed by atoms with E-state index in [1.165, 1.54) is 18.5 Å². The number of aromatic nitrogens is 4. The number of likely N-dealkylation sites (tertiary alicyclic amines) is 1. The van der Waals surface area contributed by atoms with Gasteiger partial charge in [0.25, 0.3) is 5.56 Å². The molecule has 0 bridgehead atoms. The average Bonchev–Trinajstić information content (AvgIpc) is 3.03. The standard InChI is InChI=1S/C18H26N6O4/c1-10(11(2)25)24-13(9-23-7-5-12(6-8-23)15(19)26)20-16-14(24)17(27)22(4)18(28)21(16)3/h10,12H,5-9H2,1-4H3,(H2,19,26)/t10-/m0/s1. The van der Waals surface area contributed by atoms with Gasteiger partial charge in [-0.3, -0.25) is 28.4 Å². The molecule has 0 aromatic carbocycles. The fourth-order valence-corrected chi connectivity index (χ4v) is 3.75. The molecule has 1 aliphatic heterocycles. The predicted molar refractivity (Wildman–Crippen MR) is 103 cm³/mol. The number of carbonyl (C=O) groups is 2. The van der Waals surface area contributed by atoms with Crippen molar-refractivity contribution in [2.24, 2.45) is 25.7 Å². The molecule has 3 heterocycles. The molecule has 0 saturated carbocycles. The van der Waals surface area contributed by atoms with Gasteiger partial charge in [-0.25, -0.2) is 9.78 Å². The first-order chi connectivity index (χ1) is 13.1. The summed E-state index contributed by atoms with van der Waals surface area (Å²) in [5, 5.41) is 0. The van der Waals surface area contributed by atoms with E-state index >= 15 is 0 Å². The lowest BCUT2D eigenvalue weighted by Gasteiger charge is -2.30. The quantitative estimate of drug-likeness (QED) is 0.718. The molecule has 2 aromatic rings. The summed E-state index contributed by atoms with van der Waals surface area (Å²) in [5.41, 5.74) is 4.96. The first-order valence-corrected chi connectivity index (χ1v) is 9.32. The summed E-state index contributed by atoms with van der Waals surface area (Å²) in [4.78, 5) is 55.2. The lowest BCUT2D eigenvalue weighted by Crippen LogP contribution is -2.39. The SMILES string of the molecule is CC(=O)[C@H](C)n1c(CN2CCC(C(N)=O)CC2)nc2c1c(=O)n(C)c(=O)n2C. The number of Topliss-reactive ketones (excluding diaryl/α,β-unsaturated/α-hetero) is 1. The van der Waals surface area contributed by atoms with E-state index in [0.717, 1.165) is 4.57 Å². The van der Waals surface area contributed by atoms with Crippen LogP contribution >= 0.6 is 0 Å². The van der Waals surface area contributed by atoms with Gasteiger partial charge < -0.3 is 10.3 Å². The van der Waals surface area contributed by atoms with Crippen molar-refractivity contribution in [1.29, 1.82) is 0 Å². The minimum absolute atomic E-state index is 0.108. The molecule has 28 heavy (non-hydrogen) atoms. The smallest absolute Gasteiger partial charge is 0.332 e. The third kappa shape index (κ3) is 3.28. The Kier molecular flexibility index (Phi) is 5.24. The normalized spacial score (nSPS) is 17.1. The summed E-state index contributed by atoms with van der Waals surface area (Å²) < 4.78 is 3.98. The number of nitrogens with two attached hydrogens (primary N) is 1. The molecule has 1 atom stereocenters. The Morgan fingerprint density at radius 2 is 1.79 bits per heavy atom. The summed E-state index contributed by atoms with van der Waals surface area (Å²) >= 11 is 0. The van der Waals surface area contributed by atoms with Gasteiger partial charge in [-0.1, -0.05) is 0 Å². The van der Waals surface area contributed by atoms with Crippen LogP contribution in [0.3, 0.4) is 0 Å². The number of piperidine rings is 1. The fourth-order valence-electron chi connectivity index (χ4n) is 3.75. The average molecular weight is 390 g/mol. The molecule has 0 spiro atoms. The third-order valence-electron chi connectivity index (χ3n) is 5.70. The van der Waals surface area contributed by atoms with Crippen molar-refractivity contribution in [3.05, 3.63) is 26.7 Å². The second-order valence-electron chi connectivity index (χ2n) is 7.52. The lowest BCUT2D eigenvalue weighted by molar-refractivity contribution is -0.123. The molecular weight excluding hydrogens is 364 g/mol. The van der Waals surface area contributed by atoms with Crippen LogP contribution in [0.1, 0.15) is 38.6 Å². The highest BCUT2D eigenvalue weighted by Crippen LogP contribution is 2.23. The number of primary amides is 1. The van der Waals surface area contributed by atoms with E-state index in [1.807, 2.05) is 0 Å². The predicted octanol–water partition coefficient (Wildman–Crippen LogP) is -0.719. The van der Waals surface area contributed by atoms with Gasteiger partial charge in [0.15, 0.2) is 16.9 Å². The van der Waals surface area contributed by atoms with E-state index in [4.69, 9.17) is 5.73 Å². The maximum absolute atomic E-state index is 12.8. The fraction of sp³-hybridized carbons (Fsp3) is 0.611. The second kappa shape index (κ2) is 7.34. The second-order valence-corrected chi connectivity index (χ2v) is 7.52. The molecule has 2 N–H and O–H groups in total. The molecule has 1 fully saturated rings. The Hall–Kier alpha value is -2.75. The van der Waals surface area contributed by atoms with Crippen molar-refractivity contribution < 1.29 is 9.59 Å². The van der Waals surface area contributed by atoms with E-state index in [0.29, 0.717) is 38.3 Å². The molecule has 152 valence electrons. The summed E-state index contributed by atoms with van der Waals surface area (Å²) in [5.74, 6) is 0.0346. The maximum atomic E-state index is 12.8. The minimum atomic E-state index is -0.589. The number of ketones is 1. The van der Waals surface area contributed by atoms with Gasteiger partial charge in [-0.2, -0.15) is 0 Å². The number of hydrogen-bond acceptors (Lipinski definition) is 6. The summed E-state index contributed by atoms with van der Waals surface area (Å²) in [7, 11) is 2.97. The summed E-state index contributed by atoms with van der Waals surface area (Å²) in [6.45, 7) is 4.93. The molecule has 10 heteroatoms. The number of nitrogens with zero attached hydrogens (tertiary/aromatic N) is 5. The van der Waals surface area contributed by atoms with E-state index in [1.54, 1.807) is 18.5 Å². The van der Waals surface area contributed by atoms with Gasteiger partial charge in [0, 0.05) is 20.0 Å². The van der Waals surface area contributed by atoms with Gasteiger partial charge in [0.05, 0.1) is 12.6 Å². The van der Waals surface area contributed by atoms with Crippen molar-refractivity contribution in [3.63, 3.8) is 0 Å². The topological polar surface area (TPSA) is 125 Å². The highest BCUT2D eigenvalue weighted by Gasteiger charge is 2.28. The Morgan fingerprint density at radius 1 is 1.18 bits per heavy atom. The van der Waals surface area contributed by atoms with E-state index < -0.39 is 17.3 Å². The number of hydrogen-bond donors (Lipinski definition) is 1. The zero-order chi connectivity index (χ0) is 20.7. The van der Waals surface area contributed by atoms with Gasteiger partial charge in [-0.05, 0) is 39.8 Å². The largest absolute Gasteiger partial charge is 0.369 e. The molecule has 1 saturated heterocycles. The number of aryl methyl sites for hydroxylation is 1. The first kappa shape index (κ1) is 20.0. The number of fused-ring (bicyclic) bond motifs is 1. The molecule has 2 aromatic heterocycles. The number of rotatable bonds is 5. The van der Waals surface area contributed by atoms with Crippen LogP contribution in [0, 0.1) is 5.92 Å². The Morgan fingerprint density at radius 3 is 2.32 bits per heavy atom. The molecule has 0 aliphatic carbocycles. The van der Waals surface area contributed by atoms with Crippen LogP contribution in [0.2, 0.25) is 0 Å². The van der Waals surface area contributed by atoms with Gasteiger partial charge >= 0.3 is 5.69 Å². The highest BCUT2D eigenvalue weighted by molar-refractivity contribution is 5.82. The van der Waals surface area contributed by atoms with Gasteiger partial charge in [-0.15, -0.1) is 0 Å².